The van der Waals surface area contributed by atoms with E-state index in [2.05, 4.69) is 10.3 Å². The van der Waals surface area contributed by atoms with Gasteiger partial charge < -0.3 is 10.4 Å². The second-order valence-electron chi connectivity index (χ2n) is 3.10. The maximum atomic E-state index is 8.87. The van der Waals surface area contributed by atoms with Crippen molar-refractivity contribution < 1.29 is 5.11 Å². The Labute approximate surface area is 88.9 Å². The van der Waals surface area contributed by atoms with Crippen molar-refractivity contribution >= 4 is 17.6 Å². The fraction of sp³-hybridized carbons (Fsp3) is 0.500. The van der Waals surface area contributed by atoms with Gasteiger partial charge in [-0.25, -0.2) is 4.98 Å². The summed E-state index contributed by atoms with van der Waals surface area (Å²) in [5.41, 5.74) is 1.23. The maximum Gasteiger partial charge on any atom is 0.125 e. The fourth-order valence-electron chi connectivity index (χ4n) is 0.992. The molecule has 3 nitrogen and oxygen atoms in total. The third-order valence-corrected chi connectivity index (χ3v) is 3.09. The van der Waals surface area contributed by atoms with E-state index in [1.807, 2.05) is 26.1 Å². The van der Waals surface area contributed by atoms with Gasteiger partial charge in [-0.3, -0.25) is 0 Å². The first-order valence-electron chi connectivity index (χ1n) is 4.61. The third kappa shape index (κ3) is 3.55. The number of pyridine rings is 1. The van der Waals surface area contributed by atoms with Crippen LogP contribution in [-0.4, -0.2) is 29.0 Å². The Morgan fingerprint density at radius 3 is 3.07 bits per heavy atom. The lowest BCUT2D eigenvalue weighted by Gasteiger charge is -2.08. The van der Waals surface area contributed by atoms with Crippen molar-refractivity contribution in [3.8, 4) is 0 Å². The van der Waals surface area contributed by atoms with E-state index in [4.69, 9.17) is 5.11 Å². The van der Waals surface area contributed by atoms with Crippen LogP contribution in [0.15, 0.2) is 18.3 Å². The van der Waals surface area contributed by atoms with Gasteiger partial charge in [-0.05, 0) is 17.7 Å². The highest BCUT2D eigenvalue weighted by Crippen LogP contribution is 2.18. The Morgan fingerprint density at radius 2 is 2.43 bits per heavy atom. The van der Waals surface area contributed by atoms with Crippen LogP contribution in [0.5, 0.6) is 0 Å². The Morgan fingerprint density at radius 1 is 1.64 bits per heavy atom. The van der Waals surface area contributed by atoms with Crippen LogP contribution < -0.4 is 5.32 Å². The lowest BCUT2D eigenvalue weighted by atomic mass is 10.3. The van der Waals surface area contributed by atoms with E-state index in [1.54, 1.807) is 18.0 Å². The van der Waals surface area contributed by atoms with Gasteiger partial charge >= 0.3 is 0 Å². The largest absolute Gasteiger partial charge is 0.395 e. The molecule has 0 radical (unpaired) electrons. The van der Waals surface area contributed by atoms with Crippen molar-refractivity contribution in [3.05, 3.63) is 23.9 Å². The van der Waals surface area contributed by atoms with Gasteiger partial charge in [0.25, 0.3) is 0 Å². The number of aromatic nitrogens is 1. The fourth-order valence-corrected chi connectivity index (χ4v) is 1.75. The van der Waals surface area contributed by atoms with E-state index in [9.17, 15) is 0 Å². The van der Waals surface area contributed by atoms with E-state index in [-0.39, 0.29) is 6.61 Å². The molecule has 1 rings (SSSR count). The first-order chi connectivity index (χ1) is 6.76. The van der Waals surface area contributed by atoms with Crippen LogP contribution in [0.2, 0.25) is 0 Å². The van der Waals surface area contributed by atoms with Crippen molar-refractivity contribution in [2.75, 3.05) is 19.0 Å². The van der Waals surface area contributed by atoms with Crippen LogP contribution in [0.1, 0.15) is 12.5 Å². The van der Waals surface area contributed by atoms with E-state index >= 15 is 0 Å². The van der Waals surface area contributed by atoms with Gasteiger partial charge in [0.2, 0.25) is 0 Å². The molecule has 78 valence electrons. The van der Waals surface area contributed by atoms with E-state index < -0.39 is 0 Å². The minimum Gasteiger partial charge on any atom is -0.395 e. The van der Waals surface area contributed by atoms with Gasteiger partial charge in [0.15, 0.2) is 0 Å². The molecular formula is C10H16N2OS. The summed E-state index contributed by atoms with van der Waals surface area (Å²) in [7, 11) is 1.86. The van der Waals surface area contributed by atoms with Crippen molar-refractivity contribution in [1.82, 2.24) is 4.98 Å². The monoisotopic (exact) mass is 212 g/mol. The molecular weight excluding hydrogens is 196 g/mol. The number of rotatable bonds is 5. The summed E-state index contributed by atoms with van der Waals surface area (Å²) in [6, 6.07) is 4.02. The highest BCUT2D eigenvalue weighted by Gasteiger charge is 2.01. The van der Waals surface area contributed by atoms with Crippen LogP contribution >= 0.6 is 11.8 Å². The number of anilines is 1. The Balaban J connectivity index is 2.50. The molecule has 0 aliphatic carbocycles. The first-order valence-corrected chi connectivity index (χ1v) is 5.66. The number of aliphatic hydroxyl groups is 1. The molecule has 1 aromatic heterocycles. The molecule has 0 saturated carbocycles. The van der Waals surface area contributed by atoms with Crippen LogP contribution in [0.4, 0.5) is 5.82 Å². The number of hydrogen-bond donors (Lipinski definition) is 2. The Hall–Kier alpha value is -0.740. The Kier molecular flexibility index (Phi) is 4.76. The molecule has 1 unspecified atom stereocenters. The molecule has 4 heteroatoms. The lowest BCUT2D eigenvalue weighted by molar-refractivity contribution is 0.300. The lowest BCUT2D eigenvalue weighted by Crippen LogP contribution is -2.02. The van der Waals surface area contributed by atoms with Gasteiger partial charge in [0, 0.05) is 24.2 Å². The molecule has 0 amide bonds. The molecule has 0 spiro atoms. The summed E-state index contributed by atoms with van der Waals surface area (Å²) in [5.74, 6) is 1.80. The molecule has 0 fully saturated rings. The van der Waals surface area contributed by atoms with Crippen LogP contribution in [0, 0.1) is 0 Å². The zero-order valence-electron chi connectivity index (χ0n) is 8.53. The molecule has 0 aliphatic rings. The summed E-state index contributed by atoms with van der Waals surface area (Å²) < 4.78 is 0. The van der Waals surface area contributed by atoms with Gasteiger partial charge in [-0.1, -0.05) is 6.92 Å². The maximum absolute atomic E-state index is 8.87. The SMILES string of the molecule is CNc1cc(CSC(C)CO)ccn1. The summed E-state index contributed by atoms with van der Waals surface area (Å²) in [5, 5.41) is 12.2. The second-order valence-corrected chi connectivity index (χ2v) is 4.53. The van der Waals surface area contributed by atoms with Crippen molar-refractivity contribution in [3.63, 3.8) is 0 Å². The molecule has 0 bridgehead atoms. The Bertz CT molecular complexity index is 281. The van der Waals surface area contributed by atoms with Crippen LogP contribution in [0.3, 0.4) is 0 Å². The minimum absolute atomic E-state index is 0.231. The average Bonchev–Trinajstić information content (AvgIpc) is 2.26. The molecule has 14 heavy (non-hydrogen) atoms. The van der Waals surface area contributed by atoms with Crippen molar-refractivity contribution in [2.45, 2.75) is 17.9 Å². The summed E-state index contributed by atoms with van der Waals surface area (Å²) >= 11 is 1.74. The quantitative estimate of drug-likeness (QED) is 0.780. The molecule has 1 aromatic rings. The zero-order chi connectivity index (χ0) is 10.4. The zero-order valence-corrected chi connectivity index (χ0v) is 9.34. The average molecular weight is 212 g/mol. The predicted molar refractivity (Wildman–Crippen MR) is 61.6 cm³/mol. The highest BCUT2D eigenvalue weighted by molar-refractivity contribution is 7.99. The number of nitrogens with zero attached hydrogens (tertiary/aromatic N) is 1. The molecule has 1 heterocycles. The number of aliphatic hydroxyl groups excluding tert-OH is 1. The smallest absolute Gasteiger partial charge is 0.125 e. The highest BCUT2D eigenvalue weighted by atomic mass is 32.2. The summed E-state index contributed by atoms with van der Waals surface area (Å²) in [6.45, 7) is 2.25. The molecule has 0 aliphatic heterocycles. The summed E-state index contributed by atoms with van der Waals surface area (Å²) in [4.78, 5) is 4.14. The summed E-state index contributed by atoms with van der Waals surface area (Å²) in [6.07, 6.45) is 1.80. The number of thioether (sulfide) groups is 1. The standard InChI is InChI=1S/C10H16N2OS/c1-8(6-13)14-7-9-3-4-12-10(5-9)11-2/h3-5,8,13H,6-7H2,1-2H3,(H,11,12). The van der Waals surface area contributed by atoms with E-state index in [1.165, 1.54) is 5.56 Å². The normalized spacial score (nSPS) is 12.5. The third-order valence-electron chi connectivity index (χ3n) is 1.87. The molecule has 0 saturated heterocycles. The van der Waals surface area contributed by atoms with E-state index in [0.29, 0.717) is 5.25 Å². The topological polar surface area (TPSA) is 45.1 Å². The molecule has 0 aromatic carbocycles. The predicted octanol–water partition coefficient (Wildman–Crippen LogP) is 1.74. The van der Waals surface area contributed by atoms with E-state index in [0.717, 1.165) is 11.6 Å². The van der Waals surface area contributed by atoms with Gasteiger partial charge in [0.1, 0.15) is 5.82 Å². The van der Waals surface area contributed by atoms with Crippen molar-refractivity contribution in [1.29, 1.82) is 0 Å². The van der Waals surface area contributed by atoms with Gasteiger partial charge in [0.05, 0.1) is 6.61 Å². The minimum atomic E-state index is 0.231. The van der Waals surface area contributed by atoms with Crippen LogP contribution in [-0.2, 0) is 5.75 Å². The molecule has 1 atom stereocenters. The molecule has 2 N–H and O–H groups in total. The first kappa shape index (κ1) is 11.3. The number of nitrogens with one attached hydrogen (secondary N) is 1. The second kappa shape index (κ2) is 5.88. The van der Waals surface area contributed by atoms with Crippen LogP contribution in [0.25, 0.3) is 0 Å². The van der Waals surface area contributed by atoms with Gasteiger partial charge in [-0.15, -0.1) is 0 Å². The number of hydrogen-bond acceptors (Lipinski definition) is 4. The van der Waals surface area contributed by atoms with Crippen molar-refractivity contribution in [2.24, 2.45) is 0 Å². The van der Waals surface area contributed by atoms with Gasteiger partial charge in [-0.2, -0.15) is 11.8 Å².